The molecular formula is C18H29Cl2N5O3S. The first-order chi connectivity index (χ1) is 12.7. The number of hydrogen-bond acceptors (Lipinski definition) is 5. The predicted octanol–water partition coefficient (Wildman–Crippen LogP) is 1.09. The van der Waals surface area contributed by atoms with Crippen molar-refractivity contribution in [2.45, 2.75) is 38.9 Å². The van der Waals surface area contributed by atoms with Gasteiger partial charge in [0.15, 0.2) is 0 Å². The Morgan fingerprint density at radius 1 is 1.21 bits per heavy atom. The number of nitrogens with one attached hydrogen (secondary N) is 2. The Hall–Kier alpha value is -1.65. The minimum Gasteiger partial charge on any atom is -0.354 e. The van der Waals surface area contributed by atoms with Crippen molar-refractivity contribution in [1.29, 1.82) is 0 Å². The molecule has 1 amide bonds. The number of nitrogens with zero attached hydrogens (tertiary/aromatic N) is 2. The van der Waals surface area contributed by atoms with E-state index in [0.717, 1.165) is 5.56 Å². The smallest absolute Gasteiger partial charge is 0.237 e. The monoisotopic (exact) mass is 465 g/mol. The summed E-state index contributed by atoms with van der Waals surface area (Å²) >= 11 is 0. The maximum Gasteiger partial charge on any atom is 0.237 e. The molecule has 11 heteroatoms. The molecule has 0 radical (unpaired) electrons. The van der Waals surface area contributed by atoms with Crippen LogP contribution >= 0.6 is 24.8 Å². The molecule has 0 aliphatic rings. The zero-order valence-electron chi connectivity index (χ0n) is 16.4. The van der Waals surface area contributed by atoms with E-state index in [2.05, 4.69) is 15.0 Å². The molecule has 0 aliphatic heterocycles. The lowest BCUT2D eigenvalue weighted by Crippen LogP contribution is -2.44. The van der Waals surface area contributed by atoms with Gasteiger partial charge in [0.05, 0.1) is 23.8 Å². The number of amides is 1. The summed E-state index contributed by atoms with van der Waals surface area (Å²) in [4.78, 5) is 16.4. The van der Waals surface area contributed by atoms with Gasteiger partial charge in [0.1, 0.15) is 0 Å². The Morgan fingerprint density at radius 3 is 2.48 bits per heavy atom. The van der Waals surface area contributed by atoms with Gasteiger partial charge in [-0.2, -0.15) is 0 Å². The Kier molecular flexibility index (Phi) is 12.1. The maximum atomic E-state index is 12.1. The topological polar surface area (TPSA) is 119 Å². The van der Waals surface area contributed by atoms with Crippen LogP contribution in [0.1, 0.15) is 25.1 Å². The van der Waals surface area contributed by atoms with E-state index < -0.39 is 22.0 Å². The summed E-state index contributed by atoms with van der Waals surface area (Å²) in [7, 11) is -3.41. The third kappa shape index (κ3) is 10.1. The van der Waals surface area contributed by atoms with Crippen LogP contribution in [0, 0.1) is 0 Å². The van der Waals surface area contributed by atoms with Gasteiger partial charge in [0, 0.05) is 31.7 Å². The Balaban J connectivity index is 0.00000392. The molecule has 1 aromatic heterocycles. The van der Waals surface area contributed by atoms with E-state index in [1.807, 2.05) is 41.1 Å². The molecule has 4 N–H and O–H groups in total. The van der Waals surface area contributed by atoms with Crippen LogP contribution in [0.2, 0.25) is 0 Å². The van der Waals surface area contributed by atoms with E-state index in [1.54, 1.807) is 20.2 Å². The highest BCUT2D eigenvalue weighted by Gasteiger charge is 2.17. The second kappa shape index (κ2) is 12.8. The van der Waals surface area contributed by atoms with E-state index in [0.29, 0.717) is 12.2 Å². The normalized spacial score (nSPS) is 12.0. The van der Waals surface area contributed by atoms with Gasteiger partial charge >= 0.3 is 0 Å². The van der Waals surface area contributed by atoms with Gasteiger partial charge in [-0.25, -0.2) is 18.1 Å². The van der Waals surface area contributed by atoms with Gasteiger partial charge in [0.2, 0.25) is 15.9 Å². The number of carbonyl (C=O) groups is 1. The first-order valence-corrected chi connectivity index (χ1v) is 10.5. The summed E-state index contributed by atoms with van der Waals surface area (Å²) in [5, 5.41) is 2.56. The summed E-state index contributed by atoms with van der Waals surface area (Å²) in [5.41, 5.74) is 7.78. The lowest BCUT2D eigenvalue weighted by molar-refractivity contribution is -0.122. The summed E-state index contributed by atoms with van der Waals surface area (Å²) in [5.74, 6) is -0.581. The molecule has 0 aliphatic carbocycles. The van der Waals surface area contributed by atoms with Crippen LogP contribution < -0.4 is 15.8 Å². The van der Waals surface area contributed by atoms with Gasteiger partial charge in [-0.05, 0) is 19.4 Å². The summed E-state index contributed by atoms with van der Waals surface area (Å²) < 4.78 is 27.9. The number of aromatic nitrogens is 2. The van der Waals surface area contributed by atoms with Crippen molar-refractivity contribution >= 4 is 40.7 Å². The van der Waals surface area contributed by atoms with Gasteiger partial charge in [-0.3, -0.25) is 4.79 Å². The van der Waals surface area contributed by atoms with E-state index in [4.69, 9.17) is 5.73 Å². The third-order valence-corrected chi connectivity index (χ3v) is 5.32. The second-order valence-corrected chi connectivity index (χ2v) is 8.59. The zero-order valence-corrected chi connectivity index (χ0v) is 18.9. The largest absolute Gasteiger partial charge is 0.354 e. The van der Waals surface area contributed by atoms with Crippen molar-refractivity contribution in [3.05, 3.63) is 54.1 Å². The fourth-order valence-corrected chi connectivity index (χ4v) is 3.78. The Bertz CT molecular complexity index is 844. The molecule has 2 rings (SSSR count). The number of hydrogen-bond donors (Lipinski definition) is 3. The molecule has 0 saturated heterocycles. The molecule has 1 aromatic carbocycles. The molecule has 8 nitrogen and oxygen atoms in total. The molecule has 2 aromatic rings. The minimum atomic E-state index is -3.41. The number of nitrogens with two attached hydrogens (primary N) is 1. The van der Waals surface area contributed by atoms with Crippen LogP contribution in [0.4, 0.5) is 0 Å². The van der Waals surface area contributed by atoms with E-state index in [1.165, 1.54) is 0 Å². The van der Waals surface area contributed by atoms with Crippen LogP contribution in [-0.4, -0.2) is 48.3 Å². The zero-order chi connectivity index (χ0) is 19.9. The highest BCUT2D eigenvalue weighted by Crippen LogP contribution is 2.05. The molecule has 0 fully saturated rings. The van der Waals surface area contributed by atoms with Crippen LogP contribution in [0.5, 0.6) is 0 Å². The van der Waals surface area contributed by atoms with Crippen molar-refractivity contribution in [2.75, 3.05) is 12.3 Å². The van der Waals surface area contributed by atoms with Gasteiger partial charge in [0.25, 0.3) is 0 Å². The number of benzene rings is 1. The molecule has 0 unspecified atom stereocenters. The average molecular weight is 466 g/mol. The summed E-state index contributed by atoms with van der Waals surface area (Å²) in [6.07, 6.45) is 3.85. The molecule has 0 saturated carbocycles. The number of carbonyl (C=O) groups excluding carboxylic acids is 1. The molecule has 0 spiro atoms. The summed E-state index contributed by atoms with van der Waals surface area (Å²) in [6, 6.07) is 9.01. The Labute approximate surface area is 184 Å². The standard InChI is InChI=1S/C18H27N5O3S.2ClH/c1-14(2)22-27(25,26)9-8-20-18(24)17(19)10-16-12-23(13-21-16)11-15-6-4-3-5-7-15;;/h3-7,12-14,17,22H,8-11,19H2,1-2H3,(H,20,24);2*1H/t17-;;/m0../s1. The maximum absolute atomic E-state index is 12.1. The van der Waals surface area contributed by atoms with Crippen molar-refractivity contribution < 1.29 is 13.2 Å². The van der Waals surface area contributed by atoms with E-state index in [9.17, 15) is 13.2 Å². The number of sulfonamides is 1. The van der Waals surface area contributed by atoms with Crippen LogP contribution in [0.15, 0.2) is 42.9 Å². The predicted molar refractivity (Wildman–Crippen MR) is 119 cm³/mol. The second-order valence-electron chi connectivity index (χ2n) is 6.72. The SMILES string of the molecule is CC(C)NS(=O)(=O)CCNC(=O)[C@@H](N)Cc1cn(Cc2ccccc2)cn1.Cl.Cl. The number of halogens is 2. The minimum absolute atomic E-state index is 0. The highest BCUT2D eigenvalue weighted by atomic mass is 35.5. The fourth-order valence-electron chi connectivity index (χ4n) is 2.57. The fraction of sp³-hybridized carbons (Fsp3) is 0.444. The van der Waals surface area contributed by atoms with Gasteiger partial charge in [-0.15, -0.1) is 24.8 Å². The van der Waals surface area contributed by atoms with Gasteiger partial charge in [-0.1, -0.05) is 30.3 Å². The van der Waals surface area contributed by atoms with Crippen LogP contribution in [-0.2, 0) is 27.8 Å². The molecule has 164 valence electrons. The van der Waals surface area contributed by atoms with Crippen molar-refractivity contribution in [1.82, 2.24) is 19.6 Å². The number of rotatable bonds is 10. The quantitative estimate of drug-likeness (QED) is 0.484. The van der Waals surface area contributed by atoms with E-state index >= 15 is 0 Å². The molecule has 1 atom stereocenters. The molecular weight excluding hydrogens is 437 g/mol. The van der Waals surface area contributed by atoms with Crippen molar-refractivity contribution in [2.24, 2.45) is 5.73 Å². The molecule has 0 bridgehead atoms. The highest BCUT2D eigenvalue weighted by molar-refractivity contribution is 7.89. The lowest BCUT2D eigenvalue weighted by atomic mass is 10.1. The van der Waals surface area contributed by atoms with Gasteiger partial charge < -0.3 is 15.6 Å². The first kappa shape index (κ1) is 27.4. The van der Waals surface area contributed by atoms with Crippen LogP contribution in [0.3, 0.4) is 0 Å². The first-order valence-electron chi connectivity index (χ1n) is 8.83. The summed E-state index contributed by atoms with van der Waals surface area (Å²) in [6.45, 7) is 4.18. The average Bonchev–Trinajstić information content (AvgIpc) is 3.01. The Morgan fingerprint density at radius 2 is 1.86 bits per heavy atom. The van der Waals surface area contributed by atoms with Crippen LogP contribution in [0.25, 0.3) is 0 Å². The lowest BCUT2D eigenvalue weighted by Gasteiger charge is -2.12. The van der Waals surface area contributed by atoms with Crippen molar-refractivity contribution in [3.8, 4) is 0 Å². The third-order valence-electron chi connectivity index (χ3n) is 3.75. The molecule has 29 heavy (non-hydrogen) atoms. The number of imidazole rings is 1. The molecule has 1 heterocycles. The van der Waals surface area contributed by atoms with E-state index in [-0.39, 0.29) is 49.6 Å². The van der Waals surface area contributed by atoms with Crippen molar-refractivity contribution in [3.63, 3.8) is 0 Å².